The summed E-state index contributed by atoms with van der Waals surface area (Å²) in [6.07, 6.45) is 0.441. The van der Waals surface area contributed by atoms with Gasteiger partial charge in [0.05, 0.1) is 12.3 Å². The van der Waals surface area contributed by atoms with Gasteiger partial charge in [0.1, 0.15) is 11.6 Å². The molecule has 0 bridgehead atoms. The second kappa shape index (κ2) is 9.37. The van der Waals surface area contributed by atoms with Crippen molar-refractivity contribution in [2.75, 3.05) is 49.5 Å². The van der Waals surface area contributed by atoms with Crippen molar-refractivity contribution in [3.63, 3.8) is 0 Å². The maximum atomic E-state index is 13.0. The smallest absolute Gasteiger partial charge is 0.225 e. The summed E-state index contributed by atoms with van der Waals surface area (Å²) in [5.74, 6) is 0.471. The molecule has 6 heteroatoms. The molecule has 1 N–H and O–H groups in total. The third-order valence-corrected chi connectivity index (χ3v) is 4.68. The number of piperazine rings is 1. The lowest BCUT2D eigenvalue weighted by atomic mass is 10.2. The number of rotatable bonds is 7. The Bertz CT molecular complexity index is 743. The number of anilines is 2. The second-order valence-corrected chi connectivity index (χ2v) is 6.53. The van der Waals surface area contributed by atoms with Crippen molar-refractivity contribution >= 4 is 17.3 Å². The number of amides is 1. The highest BCUT2D eigenvalue weighted by molar-refractivity contribution is 5.92. The van der Waals surface area contributed by atoms with Gasteiger partial charge in [-0.2, -0.15) is 0 Å². The molecule has 1 aliphatic heterocycles. The van der Waals surface area contributed by atoms with Gasteiger partial charge < -0.3 is 15.0 Å². The number of nitrogens with one attached hydrogen (secondary N) is 1. The Kier molecular flexibility index (Phi) is 6.65. The van der Waals surface area contributed by atoms with Crippen LogP contribution in [-0.2, 0) is 4.79 Å². The highest BCUT2D eigenvalue weighted by Crippen LogP contribution is 2.24. The predicted molar refractivity (Wildman–Crippen MR) is 106 cm³/mol. The van der Waals surface area contributed by atoms with Crippen molar-refractivity contribution in [2.24, 2.45) is 0 Å². The molecule has 0 unspecified atom stereocenters. The minimum Gasteiger partial charge on any atom is -0.492 e. The first kappa shape index (κ1) is 19.2. The zero-order valence-corrected chi connectivity index (χ0v) is 15.7. The van der Waals surface area contributed by atoms with Gasteiger partial charge in [-0.25, -0.2) is 4.39 Å². The molecule has 0 atom stereocenters. The molecule has 0 aromatic heterocycles. The van der Waals surface area contributed by atoms with E-state index in [1.165, 1.54) is 12.1 Å². The van der Waals surface area contributed by atoms with Crippen LogP contribution in [0, 0.1) is 5.82 Å². The van der Waals surface area contributed by atoms with Crippen LogP contribution in [0.3, 0.4) is 0 Å². The van der Waals surface area contributed by atoms with Crippen LogP contribution < -0.4 is 15.0 Å². The largest absolute Gasteiger partial charge is 0.492 e. The van der Waals surface area contributed by atoms with Gasteiger partial charge in [0.25, 0.3) is 0 Å². The predicted octanol–water partition coefficient (Wildman–Crippen LogP) is 3.38. The summed E-state index contributed by atoms with van der Waals surface area (Å²) in [6.45, 7) is 6.73. The van der Waals surface area contributed by atoms with Crippen LogP contribution in [0.1, 0.15) is 13.3 Å². The van der Waals surface area contributed by atoms with E-state index in [1.807, 2.05) is 43.3 Å². The zero-order valence-electron chi connectivity index (χ0n) is 15.7. The fourth-order valence-corrected chi connectivity index (χ4v) is 3.21. The molecule has 1 amide bonds. The van der Waals surface area contributed by atoms with Gasteiger partial charge in [-0.15, -0.1) is 0 Å². The lowest BCUT2D eigenvalue weighted by molar-refractivity contribution is -0.116. The third kappa shape index (κ3) is 5.44. The highest BCUT2D eigenvalue weighted by atomic mass is 19.1. The molecule has 2 aromatic rings. The Morgan fingerprint density at radius 3 is 2.48 bits per heavy atom. The van der Waals surface area contributed by atoms with Crippen molar-refractivity contribution in [1.82, 2.24) is 4.90 Å². The van der Waals surface area contributed by atoms with E-state index in [2.05, 4.69) is 15.1 Å². The van der Waals surface area contributed by atoms with Crippen molar-refractivity contribution in [2.45, 2.75) is 13.3 Å². The molecule has 27 heavy (non-hydrogen) atoms. The van der Waals surface area contributed by atoms with Gasteiger partial charge in [0.2, 0.25) is 5.91 Å². The normalized spacial score (nSPS) is 14.8. The van der Waals surface area contributed by atoms with Gasteiger partial charge in [0.15, 0.2) is 0 Å². The number of para-hydroxylation sites is 2. The number of hydrogen-bond donors (Lipinski definition) is 1. The Morgan fingerprint density at radius 1 is 1.07 bits per heavy atom. The summed E-state index contributed by atoms with van der Waals surface area (Å²) < 4.78 is 18.6. The van der Waals surface area contributed by atoms with Crippen molar-refractivity contribution in [3.8, 4) is 5.75 Å². The number of carbonyl (C=O) groups is 1. The fourth-order valence-electron chi connectivity index (χ4n) is 3.21. The van der Waals surface area contributed by atoms with Crippen molar-refractivity contribution in [3.05, 3.63) is 54.3 Å². The Labute approximate surface area is 159 Å². The standard InChI is InChI=1S/C21H26FN3O2/c1-2-27-20-6-4-3-5-19(20)23-21(26)11-12-24-13-15-25(16-14-24)18-9-7-17(22)8-10-18/h3-10H,2,11-16H2,1H3,(H,23,26). The number of hydrogen-bond acceptors (Lipinski definition) is 4. The minimum absolute atomic E-state index is 0.0110. The third-order valence-electron chi connectivity index (χ3n) is 4.68. The van der Waals surface area contributed by atoms with Crippen LogP contribution in [0.2, 0.25) is 0 Å². The topological polar surface area (TPSA) is 44.8 Å². The summed E-state index contributed by atoms with van der Waals surface area (Å²) >= 11 is 0. The Morgan fingerprint density at radius 2 is 1.78 bits per heavy atom. The first-order valence-electron chi connectivity index (χ1n) is 9.40. The number of nitrogens with zero attached hydrogens (tertiary/aromatic N) is 2. The van der Waals surface area contributed by atoms with E-state index in [0.29, 0.717) is 24.5 Å². The summed E-state index contributed by atoms with van der Waals surface area (Å²) in [4.78, 5) is 16.8. The fraction of sp³-hybridized carbons (Fsp3) is 0.381. The molecular formula is C21H26FN3O2. The summed E-state index contributed by atoms with van der Waals surface area (Å²) in [5, 5.41) is 2.94. The van der Waals surface area contributed by atoms with Gasteiger partial charge in [-0.3, -0.25) is 9.69 Å². The first-order valence-corrected chi connectivity index (χ1v) is 9.40. The van der Waals surface area contributed by atoms with Gasteiger partial charge in [0, 0.05) is 44.8 Å². The van der Waals surface area contributed by atoms with Crippen LogP contribution in [0.4, 0.5) is 15.8 Å². The number of carbonyl (C=O) groups excluding carboxylic acids is 1. The molecule has 0 aliphatic carbocycles. The average molecular weight is 371 g/mol. The first-order chi connectivity index (χ1) is 13.2. The minimum atomic E-state index is -0.214. The lowest BCUT2D eigenvalue weighted by Crippen LogP contribution is -2.47. The lowest BCUT2D eigenvalue weighted by Gasteiger charge is -2.36. The molecule has 0 saturated carbocycles. The van der Waals surface area contributed by atoms with E-state index in [-0.39, 0.29) is 11.7 Å². The Balaban J connectivity index is 1.43. The SMILES string of the molecule is CCOc1ccccc1NC(=O)CCN1CCN(c2ccc(F)cc2)CC1. The number of ether oxygens (including phenoxy) is 1. The zero-order chi connectivity index (χ0) is 19.1. The van der Waals surface area contributed by atoms with Crippen LogP contribution in [0.15, 0.2) is 48.5 Å². The molecule has 3 rings (SSSR count). The second-order valence-electron chi connectivity index (χ2n) is 6.53. The maximum Gasteiger partial charge on any atom is 0.225 e. The molecule has 1 aliphatic rings. The van der Waals surface area contributed by atoms with Gasteiger partial charge >= 0.3 is 0 Å². The summed E-state index contributed by atoms with van der Waals surface area (Å²) in [5.41, 5.74) is 1.76. The van der Waals surface area contributed by atoms with E-state index in [1.54, 1.807) is 0 Å². The van der Waals surface area contributed by atoms with Crippen LogP contribution in [-0.4, -0.2) is 50.1 Å². The monoisotopic (exact) mass is 371 g/mol. The molecule has 1 fully saturated rings. The van der Waals surface area contributed by atoms with Crippen LogP contribution >= 0.6 is 0 Å². The molecule has 1 saturated heterocycles. The van der Waals surface area contributed by atoms with Crippen molar-refractivity contribution < 1.29 is 13.9 Å². The quantitative estimate of drug-likeness (QED) is 0.811. The number of benzene rings is 2. The summed E-state index contributed by atoms with van der Waals surface area (Å²) in [6, 6.07) is 14.1. The molecule has 2 aromatic carbocycles. The summed E-state index contributed by atoms with van der Waals surface area (Å²) in [7, 11) is 0. The van der Waals surface area contributed by atoms with E-state index >= 15 is 0 Å². The van der Waals surface area contributed by atoms with E-state index in [4.69, 9.17) is 4.74 Å². The molecule has 1 heterocycles. The maximum absolute atomic E-state index is 13.0. The van der Waals surface area contributed by atoms with Gasteiger partial charge in [-0.1, -0.05) is 12.1 Å². The van der Waals surface area contributed by atoms with E-state index in [9.17, 15) is 9.18 Å². The average Bonchev–Trinajstić information content (AvgIpc) is 2.69. The van der Waals surface area contributed by atoms with Crippen LogP contribution in [0.25, 0.3) is 0 Å². The molecule has 0 radical (unpaired) electrons. The van der Waals surface area contributed by atoms with E-state index < -0.39 is 0 Å². The van der Waals surface area contributed by atoms with E-state index in [0.717, 1.165) is 38.4 Å². The molecular weight excluding hydrogens is 345 g/mol. The highest BCUT2D eigenvalue weighted by Gasteiger charge is 2.18. The van der Waals surface area contributed by atoms with Gasteiger partial charge in [-0.05, 0) is 43.3 Å². The molecule has 5 nitrogen and oxygen atoms in total. The Hall–Kier alpha value is -2.60. The molecule has 0 spiro atoms. The van der Waals surface area contributed by atoms with Crippen molar-refractivity contribution in [1.29, 1.82) is 0 Å². The number of halogens is 1. The van der Waals surface area contributed by atoms with Crippen LogP contribution in [0.5, 0.6) is 5.75 Å². The molecule has 144 valence electrons.